The van der Waals surface area contributed by atoms with Gasteiger partial charge in [-0.15, -0.1) is 0 Å². The van der Waals surface area contributed by atoms with E-state index in [-0.39, 0.29) is 19.0 Å². The van der Waals surface area contributed by atoms with Gasteiger partial charge < -0.3 is 15.5 Å². The van der Waals surface area contributed by atoms with E-state index in [9.17, 15) is 9.90 Å². The molecule has 0 aliphatic rings. The lowest BCUT2D eigenvalue weighted by Gasteiger charge is -2.16. The summed E-state index contributed by atoms with van der Waals surface area (Å²) in [5.74, 6) is -1.00. The number of benzene rings is 1. The molecule has 0 radical (unpaired) electrons. The van der Waals surface area contributed by atoms with Gasteiger partial charge in [0, 0.05) is 17.6 Å². The molecule has 0 spiro atoms. The van der Waals surface area contributed by atoms with Crippen LogP contribution < -0.4 is 5.32 Å². The Labute approximate surface area is 105 Å². The van der Waals surface area contributed by atoms with Crippen LogP contribution in [0.25, 0.3) is 0 Å². The molecule has 0 fully saturated rings. The van der Waals surface area contributed by atoms with Crippen molar-refractivity contribution in [1.82, 2.24) is 5.32 Å². The Balaban J connectivity index is 2.41. The van der Waals surface area contributed by atoms with Crippen molar-refractivity contribution in [2.75, 3.05) is 6.54 Å². The number of hydrogen-bond donors (Lipinski definition) is 3. The Bertz CT molecular complexity index is 367. The standard InChI is InChI=1S/C12H16ClNO3/c1-8(9-2-4-10(13)5-3-9)14-7-11(15)6-12(16)17/h2-5,8,11,14-15H,6-7H2,1H3,(H,16,17). The van der Waals surface area contributed by atoms with E-state index in [4.69, 9.17) is 16.7 Å². The smallest absolute Gasteiger partial charge is 0.306 e. The van der Waals surface area contributed by atoms with Gasteiger partial charge in [0.05, 0.1) is 12.5 Å². The number of halogens is 1. The number of aliphatic hydroxyl groups is 1. The highest BCUT2D eigenvalue weighted by molar-refractivity contribution is 6.30. The Morgan fingerprint density at radius 2 is 2.00 bits per heavy atom. The molecule has 0 saturated heterocycles. The Morgan fingerprint density at radius 3 is 2.53 bits per heavy atom. The zero-order chi connectivity index (χ0) is 12.8. The van der Waals surface area contributed by atoms with E-state index in [1.807, 2.05) is 19.1 Å². The number of carbonyl (C=O) groups is 1. The summed E-state index contributed by atoms with van der Waals surface area (Å²) in [6.45, 7) is 2.19. The maximum Gasteiger partial charge on any atom is 0.306 e. The van der Waals surface area contributed by atoms with Crippen LogP contribution in [0.5, 0.6) is 0 Å². The van der Waals surface area contributed by atoms with Crippen molar-refractivity contribution >= 4 is 17.6 Å². The van der Waals surface area contributed by atoms with E-state index in [0.29, 0.717) is 5.02 Å². The predicted octanol–water partition coefficient (Wildman–Crippen LogP) is 1.83. The van der Waals surface area contributed by atoms with Gasteiger partial charge in [0.2, 0.25) is 0 Å². The van der Waals surface area contributed by atoms with E-state index in [2.05, 4.69) is 5.32 Å². The highest BCUT2D eigenvalue weighted by atomic mass is 35.5. The molecule has 17 heavy (non-hydrogen) atoms. The van der Waals surface area contributed by atoms with Crippen LogP contribution in [0.15, 0.2) is 24.3 Å². The third-order valence-electron chi connectivity index (χ3n) is 2.44. The summed E-state index contributed by atoms with van der Waals surface area (Å²) in [5, 5.41) is 21.6. The number of nitrogens with one attached hydrogen (secondary N) is 1. The van der Waals surface area contributed by atoms with E-state index in [0.717, 1.165) is 5.56 Å². The van der Waals surface area contributed by atoms with Crippen LogP contribution in [0.3, 0.4) is 0 Å². The van der Waals surface area contributed by atoms with Crippen LogP contribution >= 0.6 is 11.6 Å². The zero-order valence-corrected chi connectivity index (χ0v) is 10.3. The molecule has 4 nitrogen and oxygen atoms in total. The molecule has 0 aromatic heterocycles. The van der Waals surface area contributed by atoms with Gasteiger partial charge in [-0.2, -0.15) is 0 Å². The highest BCUT2D eigenvalue weighted by Crippen LogP contribution is 2.15. The van der Waals surface area contributed by atoms with E-state index >= 15 is 0 Å². The first-order valence-corrected chi connectivity index (χ1v) is 5.75. The van der Waals surface area contributed by atoms with E-state index in [1.165, 1.54) is 0 Å². The third-order valence-corrected chi connectivity index (χ3v) is 2.69. The van der Waals surface area contributed by atoms with E-state index in [1.54, 1.807) is 12.1 Å². The molecule has 3 N–H and O–H groups in total. The largest absolute Gasteiger partial charge is 0.481 e. The van der Waals surface area contributed by atoms with Crippen molar-refractivity contribution in [3.05, 3.63) is 34.9 Å². The first-order valence-electron chi connectivity index (χ1n) is 5.37. The lowest BCUT2D eigenvalue weighted by Crippen LogP contribution is -2.30. The number of aliphatic carboxylic acids is 1. The second kappa shape index (κ2) is 6.59. The maximum absolute atomic E-state index is 10.4. The number of rotatable bonds is 6. The van der Waals surface area contributed by atoms with Gasteiger partial charge in [-0.25, -0.2) is 0 Å². The van der Waals surface area contributed by atoms with Crippen LogP contribution in [-0.4, -0.2) is 28.8 Å². The minimum atomic E-state index is -1.00. The van der Waals surface area contributed by atoms with Crippen molar-refractivity contribution in [2.24, 2.45) is 0 Å². The molecule has 1 rings (SSSR count). The summed E-state index contributed by atoms with van der Waals surface area (Å²) in [6.07, 6.45) is -1.12. The molecule has 0 saturated carbocycles. The number of aliphatic hydroxyl groups excluding tert-OH is 1. The summed E-state index contributed by atoms with van der Waals surface area (Å²) in [5.41, 5.74) is 1.04. The first-order chi connectivity index (χ1) is 7.99. The van der Waals surface area contributed by atoms with Crippen molar-refractivity contribution in [1.29, 1.82) is 0 Å². The Kier molecular flexibility index (Phi) is 5.41. The van der Waals surface area contributed by atoms with Gasteiger partial charge in [0.25, 0.3) is 0 Å². The monoisotopic (exact) mass is 257 g/mol. The summed E-state index contributed by atoms with van der Waals surface area (Å²) < 4.78 is 0. The second-order valence-corrected chi connectivity index (χ2v) is 4.37. The summed E-state index contributed by atoms with van der Waals surface area (Å²) in [6, 6.07) is 7.41. The third kappa shape index (κ3) is 5.17. The lowest BCUT2D eigenvalue weighted by atomic mass is 10.1. The maximum atomic E-state index is 10.4. The minimum Gasteiger partial charge on any atom is -0.481 e. The Hall–Kier alpha value is -1.10. The molecule has 0 bridgehead atoms. The molecule has 2 atom stereocenters. The quantitative estimate of drug-likeness (QED) is 0.727. The van der Waals surface area contributed by atoms with E-state index < -0.39 is 12.1 Å². The summed E-state index contributed by atoms with van der Waals surface area (Å²) in [7, 11) is 0. The molecule has 0 aliphatic heterocycles. The van der Waals surface area contributed by atoms with Crippen molar-refractivity contribution in [2.45, 2.75) is 25.5 Å². The summed E-state index contributed by atoms with van der Waals surface area (Å²) in [4.78, 5) is 10.4. The Morgan fingerprint density at radius 1 is 1.41 bits per heavy atom. The second-order valence-electron chi connectivity index (χ2n) is 3.93. The topological polar surface area (TPSA) is 69.6 Å². The molecule has 0 heterocycles. The molecule has 5 heteroatoms. The summed E-state index contributed by atoms with van der Waals surface area (Å²) >= 11 is 5.78. The van der Waals surface area contributed by atoms with Gasteiger partial charge >= 0.3 is 5.97 Å². The van der Waals surface area contributed by atoms with Gasteiger partial charge in [0.15, 0.2) is 0 Å². The molecule has 0 amide bonds. The molecule has 2 unspecified atom stereocenters. The predicted molar refractivity (Wildman–Crippen MR) is 66.1 cm³/mol. The molecule has 0 aliphatic carbocycles. The van der Waals surface area contributed by atoms with Gasteiger partial charge in [-0.05, 0) is 24.6 Å². The molecule has 1 aromatic rings. The fourth-order valence-corrected chi connectivity index (χ4v) is 1.58. The van der Waals surface area contributed by atoms with Crippen molar-refractivity contribution in [3.8, 4) is 0 Å². The van der Waals surface area contributed by atoms with Crippen LogP contribution in [0.2, 0.25) is 5.02 Å². The van der Waals surface area contributed by atoms with Crippen LogP contribution in [0.1, 0.15) is 24.9 Å². The molecule has 1 aromatic carbocycles. The van der Waals surface area contributed by atoms with Crippen LogP contribution in [0.4, 0.5) is 0 Å². The van der Waals surface area contributed by atoms with Crippen molar-refractivity contribution in [3.63, 3.8) is 0 Å². The molecular formula is C12H16ClNO3. The highest BCUT2D eigenvalue weighted by Gasteiger charge is 2.11. The normalized spacial score (nSPS) is 14.3. The zero-order valence-electron chi connectivity index (χ0n) is 9.56. The number of carboxylic acids is 1. The molecular weight excluding hydrogens is 242 g/mol. The lowest BCUT2D eigenvalue weighted by molar-refractivity contribution is -0.139. The van der Waals surface area contributed by atoms with Gasteiger partial charge in [0.1, 0.15) is 0 Å². The fourth-order valence-electron chi connectivity index (χ4n) is 1.46. The van der Waals surface area contributed by atoms with Crippen molar-refractivity contribution < 1.29 is 15.0 Å². The van der Waals surface area contributed by atoms with Crippen LogP contribution in [-0.2, 0) is 4.79 Å². The SMILES string of the molecule is CC(NCC(O)CC(=O)O)c1ccc(Cl)cc1. The minimum absolute atomic E-state index is 0.0377. The number of hydrogen-bond acceptors (Lipinski definition) is 3. The van der Waals surface area contributed by atoms with Gasteiger partial charge in [-0.3, -0.25) is 4.79 Å². The first kappa shape index (κ1) is 14.0. The average Bonchev–Trinajstić information content (AvgIpc) is 2.26. The van der Waals surface area contributed by atoms with Crippen LogP contribution in [0, 0.1) is 0 Å². The average molecular weight is 258 g/mol. The molecule has 94 valence electrons. The fraction of sp³-hybridized carbons (Fsp3) is 0.417. The number of carboxylic acid groups (broad SMARTS) is 1. The van der Waals surface area contributed by atoms with Gasteiger partial charge in [-0.1, -0.05) is 23.7 Å².